The number of likely N-dealkylation sites (tertiary alicyclic amines) is 1. The second-order valence-electron chi connectivity index (χ2n) is 4.81. The van der Waals surface area contributed by atoms with Gasteiger partial charge in [-0.15, -0.1) is 0 Å². The van der Waals surface area contributed by atoms with Crippen molar-refractivity contribution in [1.29, 1.82) is 5.26 Å². The first-order valence-electron chi connectivity index (χ1n) is 4.77. The molecule has 0 aliphatic carbocycles. The number of hydrogen-bond donors (Lipinski definition) is 1. The van der Waals surface area contributed by atoms with Crippen molar-refractivity contribution in [2.24, 2.45) is 11.3 Å². The van der Waals surface area contributed by atoms with Crippen LogP contribution in [0.3, 0.4) is 0 Å². The van der Waals surface area contributed by atoms with Crippen LogP contribution in [-0.2, 0) is 0 Å². The standard InChI is InChI=1S/C10H16N2O2/c1-10(2,3)8-7(6-11)4-5-12(8)9(13)14/h7-8H,4-5H2,1-3H3,(H,13,14)/t7-,8?/m0/s1. The number of amides is 1. The van der Waals surface area contributed by atoms with Crippen molar-refractivity contribution in [1.82, 2.24) is 4.90 Å². The topological polar surface area (TPSA) is 64.3 Å². The SMILES string of the molecule is CC(C)(C)C1[C@H](C#N)CCN1C(=O)O. The second-order valence-corrected chi connectivity index (χ2v) is 4.81. The van der Waals surface area contributed by atoms with Gasteiger partial charge < -0.3 is 10.0 Å². The maximum atomic E-state index is 10.9. The van der Waals surface area contributed by atoms with Crippen molar-refractivity contribution in [3.05, 3.63) is 0 Å². The van der Waals surface area contributed by atoms with Gasteiger partial charge in [0, 0.05) is 6.54 Å². The Hall–Kier alpha value is -1.24. The van der Waals surface area contributed by atoms with Crippen LogP contribution in [0.5, 0.6) is 0 Å². The van der Waals surface area contributed by atoms with Crippen molar-refractivity contribution in [2.45, 2.75) is 33.2 Å². The van der Waals surface area contributed by atoms with E-state index in [-0.39, 0.29) is 17.4 Å². The number of carbonyl (C=O) groups is 1. The Morgan fingerprint density at radius 1 is 1.57 bits per heavy atom. The molecule has 0 spiro atoms. The average molecular weight is 196 g/mol. The highest BCUT2D eigenvalue weighted by Gasteiger charge is 2.43. The summed E-state index contributed by atoms with van der Waals surface area (Å²) in [6.45, 7) is 6.41. The van der Waals surface area contributed by atoms with Gasteiger partial charge in [0.1, 0.15) is 0 Å². The van der Waals surface area contributed by atoms with E-state index in [9.17, 15) is 4.79 Å². The Balaban J connectivity index is 2.93. The molecule has 1 rings (SSSR count). The van der Waals surface area contributed by atoms with Gasteiger partial charge in [0.25, 0.3) is 0 Å². The third-order valence-corrected chi connectivity index (χ3v) is 2.70. The zero-order valence-corrected chi connectivity index (χ0v) is 8.82. The van der Waals surface area contributed by atoms with Crippen LogP contribution in [0.4, 0.5) is 4.79 Å². The lowest BCUT2D eigenvalue weighted by Gasteiger charge is -2.34. The summed E-state index contributed by atoms with van der Waals surface area (Å²) in [4.78, 5) is 12.3. The van der Waals surface area contributed by atoms with Crippen LogP contribution in [0.25, 0.3) is 0 Å². The predicted octanol–water partition coefficient (Wildman–Crippen LogP) is 1.92. The lowest BCUT2D eigenvalue weighted by molar-refractivity contribution is 0.0986. The predicted molar refractivity (Wildman–Crippen MR) is 51.7 cm³/mol. The van der Waals surface area contributed by atoms with E-state index >= 15 is 0 Å². The van der Waals surface area contributed by atoms with Crippen LogP contribution in [0.1, 0.15) is 27.2 Å². The van der Waals surface area contributed by atoms with E-state index in [2.05, 4.69) is 6.07 Å². The molecule has 1 aliphatic rings. The molecule has 0 aromatic carbocycles. The third-order valence-electron chi connectivity index (χ3n) is 2.70. The number of hydrogen-bond acceptors (Lipinski definition) is 2. The Kier molecular flexibility index (Phi) is 2.70. The maximum absolute atomic E-state index is 10.9. The first-order chi connectivity index (χ1) is 6.38. The smallest absolute Gasteiger partial charge is 0.407 e. The van der Waals surface area contributed by atoms with Crippen molar-refractivity contribution in [3.8, 4) is 6.07 Å². The number of carboxylic acid groups (broad SMARTS) is 1. The van der Waals surface area contributed by atoms with Crippen LogP contribution < -0.4 is 0 Å². The van der Waals surface area contributed by atoms with Crippen LogP contribution >= 0.6 is 0 Å². The highest BCUT2D eigenvalue weighted by atomic mass is 16.4. The van der Waals surface area contributed by atoms with E-state index in [1.807, 2.05) is 20.8 Å². The average Bonchev–Trinajstić information content (AvgIpc) is 2.45. The highest BCUT2D eigenvalue weighted by Crippen LogP contribution is 2.36. The van der Waals surface area contributed by atoms with Crippen molar-refractivity contribution in [3.63, 3.8) is 0 Å². The van der Waals surface area contributed by atoms with Gasteiger partial charge in [-0.1, -0.05) is 20.8 Å². The molecule has 0 saturated carbocycles. The molecule has 1 saturated heterocycles. The van der Waals surface area contributed by atoms with E-state index in [4.69, 9.17) is 10.4 Å². The molecule has 1 heterocycles. The minimum Gasteiger partial charge on any atom is -0.465 e. The molecule has 1 aliphatic heterocycles. The molecule has 2 atom stereocenters. The minimum atomic E-state index is -0.914. The lowest BCUT2D eigenvalue weighted by atomic mass is 9.80. The summed E-state index contributed by atoms with van der Waals surface area (Å²) in [6, 6.07) is 2.02. The van der Waals surface area contributed by atoms with E-state index in [0.717, 1.165) is 0 Å². The molecular formula is C10H16N2O2. The molecule has 4 heteroatoms. The molecule has 0 radical (unpaired) electrons. The Morgan fingerprint density at radius 2 is 2.14 bits per heavy atom. The fourth-order valence-electron chi connectivity index (χ4n) is 2.21. The Morgan fingerprint density at radius 3 is 2.50 bits per heavy atom. The molecule has 4 nitrogen and oxygen atoms in total. The molecule has 0 bridgehead atoms. The Bertz CT molecular complexity index is 275. The molecular weight excluding hydrogens is 180 g/mol. The molecule has 78 valence electrons. The normalized spacial score (nSPS) is 27.4. The summed E-state index contributed by atoms with van der Waals surface area (Å²) in [5.74, 6) is -0.161. The van der Waals surface area contributed by atoms with E-state index in [1.54, 1.807) is 0 Å². The van der Waals surface area contributed by atoms with Gasteiger partial charge in [-0.25, -0.2) is 4.79 Å². The molecule has 1 amide bonds. The molecule has 1 fully saturated rings. The quantitative estimate of drug-likeness (QED) is 0.643. The first kappa shape index (κ1) is 10.8. The summed E-state index contributed by atoms with van der Waals surface area (Å²) >= 11 is 0. The van der Waals surface area contributed by atoms with Gasteiger partial charge in [-0.2, -0.15) is 5.26 Å². The zero-order chi connectivity index (χ0) is 10.9. The van der Waals surface area contributed by atoms with E-state index in [0.29, 0.717) is 13.0 Å². The fraction of sp³-hybridized carbons (Fsp3) is 0.800. The largest absolute Gasteiger partial charge is 0.465 e. The van der Waals surface area contributed by atoms with Crippen molar-refractivity contribution >= 4 is 6.09 Å². The molecule has 1 unspecified atom stereocenters. The van der Waals surface area contributed by atoms with Gasteiger partial charge in [0.15, 0.2) is 0 Å². The minimum absolute atomic E-state index is 0.161. The van der Waals surface area contributed by atoms with Crippen molar-refractivity contribution < 1.29 is 9.90 Å². The van der Waals surface area contributed by atoms with Gasteiger partial charge >= 0.3 is 6.09 Å². The molecule has 0 aromatic heterocycles. The molecule has 14 heavy (non-hydrogen) atoms. The zero-order valence-electron chi connectivity index (χ0n) is 8.82. The molecule has 0 aromatic rings. The van der Waals surface area contributed by atoms with Crippen LogP contribution in [-0.4, -0.2) is 28.7 Å². The van der Waals surface area contributed by atoms with E-state index in [1.165, 1.54) is 4.90 Å². The summed E-state index contributed by atoms with van der Waals surface area (Å²) in [5, 5.41) is 17.9. The Labute approximate surface area is 84.1 Å². The second kappa shape index (κ2) is 3.49. The van der Waals surface area contributed by atoms with Crippen molar-refractivity contribution in [2.75, 3.05) is 6.54 Å². The van der Waals surface area contributed by atoms with Crippen LogP contribution in [0, 0.1) is 22.7 Å². The van der Waals surface area contributed by atoms with Crippen LogP contribution in [0.2, 0.25) is 0 Å². The summed E-state index contributed by atoms with van der Waals surface area (Å²) in [7, 11) is 0. The summed E-state index contributed by atoms with van der Waals surface area (Å²) in [5.41, 5.74) is -0.171. The fourth-order valence-corrected chi connectivity index (χ4v) is 2.21. The maximum Gasteiger partial charge on any atom is 0.407 e. The van der Waals surface area contributed by atoms with Gasteiger partial charge in [0.05, 0.1) is 18.0 Å². The lowest BCUT2D eigenvalue weighted by Crippen LogP contribution is -2.45. The summed E-state index contributed by atoms with van der Waals surface area (Å²) < 4.78 is 0. The molecule has 1 N–H and O–H groups in total. The summed E-state index contributed by atoms with van der Waals surface area (Å²) in [6.07, 6.45) is -0.257. The first-order valence-corrected chi connectivity index (χ1v) is 4.77. The van der Waals surface area contributed by atoms with Gasteiger partial charge in [-0.3, -0.25) is 0 Å². The van der Waals surface area contributed by atoms with Crippen LogP contribution in [0.15, 0.2) is 0 Å². The van der Waals surface area contributed by atoms with E-state index < -0.39 is 6.09 Å². The van der Waals surface area contributed by atoms with Gasteiger partial charge in [0.2, 0.25) is 0 Å². The number of nitriles is 1. The third kappa shape index (κ3) is 1.82. The highest BCUT2D eigenvalue weighted by molar-refractivity contribution is 5.66. The van der Waals surface area contributed by atoms with Gasteiger partial charge in [-0.05, 0) is 11.8 Å². The number of rotatable bonds is 0. The monoisotopic (exact) mass is 196 g/mol. The number of nitrogens with zero attached hydrogens (tertiary/aromatic N) is 2.